The zero-order valence-corrected chi connectivity index (χ0v) is 8.92. The first-order valence-corrected chi connectivity index (χ1v) is 4.84. The van der Waals surface area contributed by atoms with Gasteiger partial charge in [0.25, 0.3) is 0 Å². The molecule has 0 aromatic heterocycles. The molecule has 0 spiro atoms. The third-order valence-electron chi connectivity index (χ3n) is 2.17. The van der Waals surface area contributed by atoms with E-state index in [1.807, 2.05) is 0 Å². The maximum atomic E-state index is 13.5. The van der Waals surface area contributed by atoms with Crippen LogP contribution in [0.3, 0.4) is 0 Å². The first-order valence-electron chi connectivity index (χ1n) is 4.84. The highest BCUT2D eigenvalue weighted by Crippen LogP contribution is 2.32. The normalized spacial score (nSPS) is 11.3. The van der Waals surface area contributed by atoms with Gasteiger partial charge in [0.15, 0.2) is 5.78 Å². The number of carboxylic acids is 1. The average Bonchev–Trinajstić information content (AvgIpc) is 2.24. The van der Waals surface area contributed by atoms with Gasteiger partial charge in [-0.3, -0.25) is 9.59 Å². The Morgan fingerprint density at radius 3 is 2.28 bits per heavy atom. The number of carbonyl (C=O) groups excluding carboxylic acids is 1. The highest BCUT2D eigenvalue weighted by molar-refractivity contribution is 5.97. The fourth-order valence-corrected chi connectivity index (χ4v) is 1.32. The van der Waals surface area contributed by atoms with Crippen molar-refractivity contribution in [2.24, 2.45) is 0 Å². The topological polar surface area (TPSA) is 54.4 Å². The number of Topliss-reactive ketones (excluding diaryl/α,β-unsaturated/α-hetero) is 1. The molecule has 0 saturated heterocycles. The average molecular weight is 264 g/mol. The van der Waals surface area contributed by atoms with Crippen LogP contribution in [0.5, 0.6) is 0 Å². The lowest BCUT2D eigenvalue weighted by Crippen LogP contribution is -2.13. The molecule has 0 radical (unpaired) electrons. The van der Waals surface area contributed by atoms with Crippen LogP contribution in [0.2, 0.25) is 0 Å². The van der Waals surface area contributed by atoms with E-state index in [9.17, 15) is 27.2 Å². The van der Waals surface area contributed by atoms with Crippen molar-refractivity contribution >= 4 is 11.8 Å². The first-order chi connectivity index (χ1) is 8.23. The monoisotopic (exact) mass is 264 g/mol. The van der Waals surface area contributed by atoms with Crippen LogP contribution in [0, 0.1) is 5.82 Å². The van der Waals surface area contributed by atoms with E-state index in [-0.39, 0.29) is 0 Å². The Hall–Kier alpha value is -1.92. The second-order valence-corrected chi connectivity index (χ2v) is 3.48. The lowest BCUT2D eigenvalue weighted by Gasteiger charge is -2.10. The van der Waals surface area contributed by atoms with E-state index < -0.39 is 47.7 Å². The van der Waals surface area contributed by atoms with Crippen LogP contribution in [0.1, 0.15) is 28.8 Å². The van der Waals surface area contributed by atoms with E-state index in [1.165, 1.54) is 0 Å². The highest BCUT2D eigenvalue weighted by atomic mass is 19.4. The molecule has 0 aliphatic rings. The summed E-state index contributed by atoms with van der Waals surface area (Å²) >= 11 is 0. The number of alkyl halides is 3. The number of halogens is 4. The van der Waals surface area contributed by atoms with Gasteiger partial charge in [-0.15, -0.1) is 0 Å². The van der Waals surface area contributed by atoms with E-state index in [4.69, 9.17) is 5.11 Å². The number of hydrogen-bond donors (Lipinski definition) is 1. The summed E-state index contributed by atoms with van der Waals surface area (Å²) in [7, 11) is 0. The van der Waals surface area contributed by atoms with Gasteiger partial charge in [-0.2, -0.15) is 13.2 Å². The van der Waals surface area contributed by atoms with Gasteiger partial charge in [0.1, 0.15) is 5.82 Å². The predicted molar refractivity (Wildman–Crippen MR) is 52.6 cm³/mol. The standard InChI is InChI=1S/C11H8F4O3/c12-10-6(8(16)4-5-9(17)18)2-1-3-7(10)11(13,14)15/h1-3H,4-5H2,(H,17,18). The van der Waals surface area contributed by atoms with Crippen LogP contribution in [0.25, 0.3) is 0 Å². The number of hydrogen-bond acceptors (Lipinski definition) is 2. The van der Waals surface area contributed by atoms with Gasteiger partial charge in [-0.05, 0) is 12.1 Å². The Kier molecular flexibility index (Phi) is 4.05. The van der Waals surface area contributed by atoms with E-state index in [1.54, 1.807) is 0 Å². The minimum atomic E-state index is -4.90. The minimum Gasteiger partial charge on any atom is -0.481 e. The molecule has 3 nitrogen and oxygen atoms in total. The lowest BCUT2D eigenvalue weighted by atomic mass is 10.0. The number of rotatable bonds is 4. The Bertz CT molecular complexity index is 480. The smallest absolute Gasteiger partial charge is 0.419 e. The molecular formula is C11H8F4O3. The van der Waals surface area contributed by atoms with Crippen LogP contribution in [-0.4, -0.2) is 16.9 Å². The summed E-state index contributed by atoms with van der Waals surface area (Å²) in [5.41, 5.74) is -2.28. The maximum Gasteiger partial charge on any atom is 0.419 e. The third-order valence-corrected chi connectivity index (χ3v) is 2.17. The fraction of sp³-hybridized carbons (Fsp3) is 0.273. The molecule has 0 aliphatic carbocycles. The number of carbonyl (C=O) groups is 2. The largest absolute Gasteiger partial charge is 0.481 e. The number of benzene rings is 1. The summed E-state index contributed by atoms with van der Waals surface area (Å²) in [6.07, 6.45) is -6.00. The molecule has 7 heteroatoms. The van der Waals surface area contributed by atoms with Gasteiger partial charge in [0, 0.05) is 6.42 Å². The maximum absolute atomic E-state index is 13.5. The minimum absolute atomic E-state index is 0.517. The number of ketones is 1. The van der Waals surface area contributed by atoms with Crippen molar-refractivity contribution in [2.75, 3.05) is 0 Å². The summed E-state index contributed by atoms with van der Waals surface area (Å²) in [6, 6.07) is 2.32. The van der Waals surface area contributed by atoms with Crippen molar-refractivity contribution < 1.29 is 32.3 Å². The van der Waals surface area contributed by atoms with E-state index >= 15 is 0 Å². The zero-order valence-electron chi connectivity index (χ0n) is 8.92. The van der Waals surface area contributed by atoms with E-state index in [0.717, 1.165) is 12.1 Å². The van der Waals surface area contributed by atoms with E-state index in [0.29, 0.717) is 6.07 Å². The number of carboxylic acid groups (broad SMARTS) is 1. The summed E-state index contributed by atoms with van der Waals surface area (Å²) in [4.78, 5) is 21.6. The van der Waals surface area contributed by atoms with Gasteiger partial charge in [0.2, 0.25) is 0 Å². The summed E-state index contributed by atoms with van der Waals surface area (Å²) in [5.74, 6) is -3.92. The van der Waals surface area contributed by atoms with Crippen molar-refractivity contribution in [2.45, 2.75) is 19.0 Å². The summed E-state index contributed by atoms with van der Waals surface area (Å²) in [6.45, 7) is 0. The quantitative estimate of drug-likeness (QED) is 0.672. The van der Waals surface area contributed by atoms with Gasteiger partial charge in [-0.1, -0.05) is 6.07 Å². The molecule has 1 aromatic rings. The van der Waals surface area contributed by atoms with E-state index in [2.05, 4.69) is 0 Å². The lowest BCUT2D eigenvalue weighted by molar-refractivity contribution is -0.140. The van der Waals surface area contributed by atoms with Crippen LogP contribution < -0.4 is 0 Å². The molecule has 0 atom stereocenters. The highest BCUT2D eigenvalue weighted by Gasteiger charge is 2.35. The second kappa shape index (κ2) is 5.16. The molecule has 0 heterocycles. The summed E-state index contributed by atoms with van der Waals surface area (Å²) < 4.78 is 50.5. The van der Waals surface area contributed by atoms with Crippen LogP contribution in [0.4, 0.5) is 17.6 Å². The molecule has 1 rings (SSSR count). The van der Waals surface area contributed by atoms with Crippen molar-refractivity contribution in [1.29, 1.82) is 0 Å². The van der Waals surface area contributed by atoms with Gasteiger partial charge in [0.05, 0.1) is 17.5 Å². The van der Waals surface area contributed by atoms with Crippen molar-refractivity contribution in [3.05, 3.63) is 35.1 Å². The Morgan fingerprint density at radius 2 is 1.78 bits per heavy atom. The molecule has 1 N–H and O–H groups in total. The molecule has 0 saturated carbocycles. The van der Waals surface area contributed by atoms with Gasteiger partial charge in [-0.25, -0.2) is 4.39 Å². The SMILES string of the molecule is O=C(O)CCC(=O)c1cccc(C(F)(F)F)c1F. The van der Waals surface area contributed by atoms with Gasteiger partial charge >= 0.3 is 12.1 Å². The predicted octanol–water partition coefficient (Wildman–Crippen LogP) is 2.89. The molecule has 0 bridgehead atoms. The Labute approximate surface area is 99.0 Å². The molecule has 0 amide bonds. The molecule has 1 aromatic carbocycles. The van der Waals surface area contributed by atoms with Crippen LogP contribution in [0.15, 0.2) is 18.2 Å². The molecule has 0 aliphatic heterocycles. The van der Waals surface area contributed by atoms with Crippen molar-refractivity contribution in [3.8, 4) is 0 Å². The fourth-order valence-electron chi connectivity index (χ4n) is 1.32. The molecule has 18 heavy (non-hydrogen) atoms. The molecular weight excluding hydrogens is 256 g/mol. The van der Waals surface area contributed by atoms with Crippen molar-refractivity contribution in [3.63, 3.8) is 0 Å². The molecule has 98 valence electrons. The summed E-state index contributed by atoms with van der Waals surface area (Å²) in [5, 5.41) is 8.34. The zero-order chi connectivity index (χ0) is 13.9. The Morgan fingerprint density at radius 1 is 1.17 bits per heavy atom. The van der Waals surface area contributed by atoms with Crippen LogP contribution >= 0.6 is 0 Å². The third kappa shape index (κ3) is 3.28. The first kappa shape index (κ1) is 14.1. The van der Waals surface area contributed by atoms with Gasteiger partial charge < -0.3 is 5.11 Å². The molecule has 0 unspecified atom stereocenters. The van der Waals surface area contributed by atoms with Crippen LogP contribution in [-0.2, 0) is 11.0 Å². The number of aliphatic carboxylic acids is 1. The molecule has 0 fully saturated rings. The second-order valence-electron chi connectivity index (χ2n) is 3.48. The van der Waals surface area contributed by atoms with Crippen molar-refractivity contribution in [1.82, 2.24) is 0 Å². The Balaban J connectivity index is 3.04.